The summed E-state index contributed by atoms with van der Waals surface area (Å²) in [7, 11) is 1.57. The Morgan fingerprint density at radius 3 is 2.27 bits per heavy atom. The van der Waals surface area contributed by atoms with E-state index in [2.05, 4.69) is 4.98 Å². The van der Waals surface area contributed by atoms with Crippen LogP contribution in [-0.2, 0) is 14.8 Å². The predicted octanol–water partition coefficient (Wildman–Crippen LogP) is 2.33. The summed E-state index contributed by atoms with van der Waals surface area (Å²) in [5.74, 6) is -0.164. The molecule has 0 bridgehead atoms. The SMILES string of the molecule is FC(F)F.O=S(=O)(Cl)Cc1cccnc1. The van der Waals surface area contributed by atoms with Crippen LogP contribution in [0.3, 0.4) is 0 Å². The maximum Gasteiger partial charge on any atom is 0.379 e. The molecule has 0 spiro atoms. The molecule has 0 radical (unpaired) electrons. The van der Waals surface area contributed by atoms with E-state index in [9.17, 15) is 21.6 Å². The zero-order valence-electron chi connectivity index (χ0n) is 7.28. The molecule has 0 aliphatic carbocycles. The maximum absolute atomic E-state index is 10.5. The molecular formula is C7H7ClF3NO2S. The number of halogens is 4. The Labute approximate surface area is 89.3 Å². The number of rotatable bonds is 2. The fourth-order valence-corrected chi connectivity index (χ4v) is 1.63. The highest BCUT2D eigenvalue weighted by molar-refractivity contribution is 8.13. The first-order chi connectivity index (χ1) is 6.81. The van der Waals surface area contributed by atoms with Crippen molar-refractivity contribution in [2.45, 2.75) is 12.4 Å². The lowest BCUT2D eigenvalue weighted by Gasteiger charge is -1.93. The van der Waals surface area contributed by atoms with Gasteiger partial charge in [-0.2, -0.15) is 13.2 Å². The van der Waals surface area contributed by atoms with E-state index < -0.39 is 15.7 Å². The molecule has 8 heteroatoms. The average Bonchev–Trinajstić information content (AvgIpc) is 2.01. The summed E-state index contributed by atoms with van der Waals surface area (Å²) >= 11 is 0. The van der Waals surface area contributed by atoms with E-state index >= 15 is 0 Å². The summed E-state index contributed by atoms with van der Waals surface area (Å²) in [5.41, 5.74) is 0.600. The van der Waals surface area contributed by atoms with Gasteiger partial charge in [-0.25, -0.2) is 8.42 Å². The fraction of sp³-hybridized carbons (Fsp3) is 0.286. The molecule has 0 amide bonds. The van der Waals surface area contributed by atoms with Crippen LogP contribution in [0, 0.1) is 0 Å². The van der Waals surface area contributed by atoms with Crippen LogP contribution in [0.4, 0.5) is 13.2 Å². The molecular weight excluding hydrogens is 255 g/mol. The quantitative estimate of drug-likeness (QED) is 0.768. The molecule has 0 unspecified atom stereocenters. The Morgan fingerprint density at radius 1 is 1.40 bits per heavy atom. The molecule has 0 atom stereocenters. The Hall–Kier alpha value is -0.820. The molecule has 1 aromatic rings. The van der Waals surface area contributed by atoms with E-state index in [1.807, 2.05) is 0 Å². The van der Waals surface area contributed by atoms with Crippen molar-refractivity contribution in [3.63, 3.8) is 0 Å². The summed E-state index contributed by atoms with van der Waals surface area (Å²) in [6.45, 7) is -3.67. The predicted molar refractivity (Wildman–Crippen MR) is 49.8 cm³/mol. The zero-order chi connectivity index (χ0) is 11.9. The van der Waals surface area contributed by atoms with Crippen molar-refractivity contribution in [2.24, 2.45) is 0 Å². The van der Waals surface area contributed by atoms with Gasteiger partial charge >= 0.3 is 6.68 Å². The lowest BCUT2D eigenvalue weighted by Crippen LogP contribution is -1.94. The molecule has 1 heterocycles. The second-order valence-electron chi connectivity index (χ2n) is 2.29. The molecule has 3 nitrogen and oxygen atoms in total. The van der Waals surface area contributed by atoms with Gasteiger partial charge in [0.15, 0.2) is 0 Å². The molecule has 0 aliphatic heterocycles. The van der Waals surface area contributed by atoms with Crippen molar-refractivity contribution in [3.8, 4) is 0 Å². The van der Waals surface area contributed by atoms with Crippen LogP contribution in [0.25, 0.3) is 0 Å². The van der Waals surface area contributed by atoms with E-state index in [1.165, 1.54) is 6.20 Å². The summed E-state index contributed by atoms with van der Waals surface area (Å²) in [6.07, 6.45) is 3.05. The summed E-state index contributed by atoms with van der Waals surface area (Å²) in [5, 5.41) is 0. The number of alkyl halides is 3. The summed E-state index contributed by atoms with van der Waals surface area (Å²) < 4.78 is 50.1. The van der Waals surface area contributed by atoms with Gasteiger partial charge in [0.1, 0.15) is 0 Å². The Bertz CT molecular complexity index is 368. The molecule has 15 heavy (non-hydrogen) atoms. The molecule has 1 aromatic heterocycles. The standard InChI is InChI=1S/C6H6ClNO2S.CHF3/c7-11(9,10)5-6-2-1-3-8-4-6;2-1(3)4/h1-4H,5H2;1H. The average molecular weight is 262 g/mol. The van der Waals surface area contributed by atoms with E-state index in [0.29, 0.717) is 5.56 Å². The molecule has 0 aliphatic rings. The lowest BCUT2D eigenvalue weighted by molar-refractivity contribution is 0.00819. The van der Waals surface area contributed by atoms with Gasteiger partial charge in [0.25, 0.3) is 0 Å². The first-order valence-electron chi connectivity index (χ1n) is 3.54. The molecule has 86 valence electrons. The highest BCUT2D eigenvalue weighted by Gasteiger charge is 2.05. The molecule has 0 N–H and O–H groups in total. The van der Waals surface area contributed by atoms with Crippen molar-refractivity contribution in [1.29, 1.82) is 0 Å². The number of nitrogens with zero attached hydrogens (tertiary/aromatic N) is 1. The van der Waals surface area contributed by atoms with Gasteiger partial charge in [0, 0.05) is 23.1 Å². The number of hydrogen-bond acceptors (Lipinski definition) is 3. The van der Waals surface area contributed by atoms with E-state index in [0.717, 1.165) is 0 Å². The molecule has 0 saturated carbocycles. The largest absolute Gasteiger partial charge is 0.379 e. The van der Waals surface area contributed by atoms with Crippen molar-refractivity contribution in [1.82, 2.24) is 4.98 Å². The lowest BCUT2D eigenvalue weighted by atomic mass is 10.3. The Balaban J connectivity index is 0.000000423. The van der Waals surface area contributed by atoms with Crippen LogP contribution in [0.2, 0.25) is 0 Å². The molecule has 0 fully saturated rings. The first kappa shape index (κ1) is 14.2. The minimum absolute atomic E-state index is 0.164. The third-order valence-corrected chi connectivity index (χ3v) is 2.07. The van der Waals surface area contributed by atoms with Gasteiger partial charge < -0.3 is 0 Å². The monoisotopic (exact) mass is 261 g/mol. The summed E-state index contributed by atoms with van der Waals surface area (Å²) in [4.78, 5) is 3.75. The van der Waals surface area contributed by atoms with Gasteiger partial charge in [0.2, 0.25) is 9.05 Å². The third kappa shape index (κ3) is 11.1. The molecule has 0 aromatic carbocycles. The second-order valence-corrected chi connectivity index (χ2v) is 5.07. The zero-order valence-corrected chi connectivity index (χ0v) is 8.85. The highest BCUT2D eigenvalue weighted by atomic mass is 35.7. The van der Waals surface area contributed by atoms with Crippen LogP contribution in [0.15, 0.2) is 24.5 Å². The van der Waals surface area contributed by atoms with Gasteiger partial charge in [-0.05, 0) is 11.6 Å². The van der Waals surface area contributed by atoms with E-state index in [4.69, 9.17) is 10.7 Å². The summed E-state index contributed by atoms with van der Waals surface area (Å²) in [6, 6.07) is 3.32. The van der Waals surface area contributed by atoms with Crippen molar-refractivity contribution in [3.05, 3.63) is 30.1 Å². The molecule has 0 saturated heterocycles. The smallest absolute Gasteiger partial charge is 0.264 e. The van der Waals surface area contributed by atoms with Crippen LogP contribution >= 0.6 is 10.7 Å². The van der Waals surface area contributed by atoms with Crippen LogP contribution in [0.1, 0.15) is 5.56 Å². The number of aromatic nitrogens is 1. The fourth-order valence-electron chi connectivity index (χ4n) is 0.683. The minimum atomic E-state index is -3.67. The van der Waals surface area contributed by atoms with Gasteiger partial charge in [0.05, 0.1) is 5.75 Å². The Kier molecular flexibility index (Phi) is 6.26. The first-order valence-corrected chi connectivity index (χ1v) is 6.02. The minimum Gasteiger partial charge on any atom is -0.264 e. The number of hydrogen-bond donors (Lipinski definition) is 0. The van der Waals surface area contributed by atoms with Gasteiger partial charge in [-0.1, -0.05) is 6.07 Å². The highest BCUT2D eigenvalue weighted by Crippen LogP contribution is 2.06. The molecule has 1 rings (SSSR count). The van der Waals surface area contributed by atoms with Gasteiger partial charge in [-0.3, -0.25) is 4.98 Å². The van der Waals surface area contributed by atoms with Crippen LogP contribution in [0.5, 0.6) is 0 Å². The van der Waals surface area contributed by atoms with Gasteiger partial charge in [-0.15, -0.1) is 0 Å². The van der Waals surface area contributed by atoms with Crippen LogP contribution in [-0.4, -0.2) is 20.1 Å². The van der Waals surface area contributed by atoms with Crippen molar-refractivity contribution >= 4 is 19.7 Å². The second kappa shape index (κ2) is 6.62. The van der Waals surface area contributed by atoms with E-state index in [-0.39, 0.29) is 5.75 Å². The van der Waals surface area contributed by atoms with Crippen molar-refractivity contribution in [2.75, 3.05) is 0 Å². The van der Waals surface area contributed by atoms with Crippen molar-refractivity contribution < 1.29 is 21.6 Å². The maximum atomic E-state index is 10.5. The third-order valence-electron chi connectivity index (χ3n) is 1.06. The number of pyridine rings is 1. The van der Waals surface area contributed by atoms with Crippen LogP contribution < -0.4 is 0 Å². The van der Waals surface area contributed by atoms with E-state index in [1.54, 1.807) is 18.3 Å². The topological polar surface area (TPSA) is 47.0 Å². The Morgan fingerprint density at radius 2 is 1.93 bits per heavy atom. The normalized spacial score (nSPS) is 10.7.